The van der Waals surface area contributed by atoms with Crippen LogP contribution in [-0.4, -0.2) is 30.3 Å². The number of nitro benzene ring substituents is 1. The quantitative estimate of drug-likeness (QED) is 0.343. The van der Waals surface area contributed by atoms with E-state index >= 15 is 0 Å². The van der Waals surface area contributed by atoms with Gasteiger partial charge in [0.15, 0.2) is 0 Å². The fraction of sp³-hybridized carbons (Fsp3) is 0.400. The highest BCUT2D eigenvalue weighted by atomic mass is 127. The molecule has 23 heavy (non-hydrogen) atoms. The van der Waals surface area contributed by atoms with Crippen LogP contribution in [0.4, 0.5) is 10.5 Å². The number of nitrogens with one attached hydrogen (secondary N) is 1. The predicted molar refractivity (Wildman–Crippen MR) is 93.5 cm³/mol. The Kier molecular flexibility index (Phi) is 6.62. The molecule has 0 saturated heterocycles. The maximum atomic E-state index is 11.5. The van der Waals surface area contributed by atoms with Crippen LogP contribution in [0.25, 0.3) is 0 Å². The van der Waals surface area contributed by atoms with Crippen molar-refractivity contribution in [1.82, 2.24) is 5.32 Å². The summed E-state index contributed by atoms with van der Waals surface area (Å²) in [7, 11) is 1.47. The minimum absolute atomic E-state index is 0.0529. The second-order valence-corrected chi connectivity index (χ2v) is 6.58. The molecule has 0 spiro atoms. The summed E-state index contributed by atoms with van der Waals surface area (Å²) in [5.41, 5.74) is -0.270. The summed E-state index contributed by atoms with van der Waals surface area (Å²) in [6, 6.07) is 2.74. The van der Waals surface area contributed by atoms with Crippen molar-refractivity contribution in [2.24, 2.45) is 0 Å². The molecular weight excluding hydrogens is 415 g/mol. The Morgan fingerprint density at radius 1 is 1.43 bits per heavy atom. The molecule has 8 heteroatoms. The molecule has 124 valence electrons. The summed E-state index contributed by atoms with van der Waals surface area (Å²) in [6.45, 7) is 5.33. The van der Waals surface area contributed by atoms with E-state index in [1.807, 2.05) is 22.6 Å². The molecule has 0 atom stereocenters. The third kappa shape index (κ3) is 6.32. The monoisotopic (exact) mass is 432 g/mol. The predicted octanol–water partition coefficient (Wildman–Crippen LogP) is 3.08. The largest absolute Gasteiger partial charge is 0.494 e. The van der Waals surface area contributed by atoms with Crippen molar-refractivity contribution in [2.45, 2.75) is 26.4 Å². The van der Waals surface area contributed by atoms with Gasteiger partial charge in [-0.15, -0.1) is 0 Å². The Morgan fingerprint density at radius 2 is 2.09 bits per heavy atom. The van der Waals surface area contributed by atoms with E-state index in [1.165, 1.54) is 19.2 Å². The van der Waals surface area contributed by atoms with E-state index in [1.54, 1.807) is 20.8 Å². The molecule has 0 saturated carbocycles. The Balaban J connectivity index is 2.85. The number of nitro groups is 1. The van der Waals surface area contributed by atoms with Crippen LogP contribution < -0.4 is 10.1 Å². The molecule has 0 fully saturated rings. The number of nitrogens with zero attached hydrogens (tertiary/aromatic N) is 1. The molecule has 1 aromatic carbocycles. The van der Waals surface area contributed by atoms with Gasteiger partial charge >= 0.3 is 6.09 Å². The number of non-ortho nitro benzene ring substituents is 1. The number of carbonyl (C=O) groups is 1. The van der Waals surface area contributed by atoms with Gasteiger partial charge in [-0.3, -0.25) is 10.1 Å². The van der Waals surface area contributed by atoms with Crippen molar-refractivity contribution < 1.29 is 19.2 Å². The van der Waals surface area contributed by atoms with Gasteiger partial charge in [0.1, 0.15) is 11.4 Å². The van der Waals surface area contributed by atoms with E-state index in [0.29, 0.717) is 14.9 Å². The number of ether oxygens (including phenoxy) is 2. The van der Waals surface area contributed by atoms with Gasteiger partial charge in [0.2, 0.25) is 0 Å². The van der Waals surface area contributed by atoms with E-state index in [9.17, 15) is 14.9 Å². The van der Waals surface area contributed by atoms with Crippen LogP contribution in [0, 0.1) is 25.5 Å². The zero-order chi connectivity index (χ0) is 17.6. The number of hydrogen-bond acceptors (Lipinski definition) is 5. The molecule has 0 aliphatic heterocycles. The fourth-order valence-corrected chi connectivity index (χ4v) is 2.38. The number of rotatable bonds is 3. The van der Waals surface area contributed by atoms with Crippen molar-refractivity contribution >= 4 is 34.4 Å². The number of hydrogen-bond donors (Lipinski definition) is 1. The zero-order valence-electron chi connectivity index (χ0n) is 13.2. The second-order valence-electron chi connectivity index (χ2n) is 5.42. The molecule has 0 aromatic heterocycles. The van der Waals surface area contributed by atoms with Crippen LogP contribution in [0.5, 0.6) is 5.75 Å². The highest BCUT2D eigenvalue weighted by Crippen LogP contribution is 2.29. The lowest BCUT2D eigenvalue weighted by Crippen LogP contribution is -2.32. The minimum Gasteiger partial charge on any atom is -0.494 e. The van der Waals surface area contributed by atoms with Crippen molar-refractivity contribution in [3.8, 4) is 17.6 Å². The number of amides is 1. The van der Waals surface area contributed by atoms with E-state index in [4.69, 9.17) is 9.47 Å². The molecule has 1 amide bonds. The average Bonchev–Trinajstić information content (AvgIpc) is 2.41. The van der Waals surface area contributed by atoms with Gasteiger partial charge in [-0.1, -0.05) is 11.8 Å². The molecule has 0 bridgehead atoms. The normalized spacial score (nSPS) is 10.3. The number of halogens is 1. The Bertz CT molecular complexity index is 671. The number of methoxy groups -OCH3 is 1. The first-order chi connectivity index (χ1) is 10.6. The lowest BCUT2D eigenvalue weighted by Gasteiger charge is -2.19. The van der Waals surface area contributed by atoms with Crippen LogP contribution in [0.2, 0.25) is 0 Å². The molecule has 1 N–H and O–H groups in total. The van der Waals surface area contributed by atoms with Crippen molar-refractivity contribution in [3.63, 3.8) is 0 Å². The van der Waals surface area contributed by atoms with Crippen molar-refractivity contribution in [2.75, 3.05) is 13.7 Å². The zero-order valence-corrected chi connectivity index (χ0v) is 15.4. The minimum atomic E-state index is -0.586. The van der Waals surface area contributed by atoms with Crippen LogP contribution in [-0.2, 0) is 4.74 Å². The molecule has 1 aromatic rings. The van der Waals surface area contributed by atoms with Crippen LogP contribution in [0.3, 0.4) is 0 Å². The van der Waals surface area contributed by atoms with E-state index in [2.05, 4.69) is 17.2 Å². The fourth-order valence-electron chi connectivity index (χ4n) is 1.55. The van der Waals surface area contributed by atoms with Gasteiger partial charge in [-0.05, 0) is 43.4 Å². The molecule has 0 aliphatic rings. The molecular formula is C15H17IN2O5. The van der Waals surface area contributed by atoms with Gasteiger partial charge in [0.05, 0.1) is 27.7 Å². The topological polar surface area (TPSA) is 90.7 Å². The van der Waals surface area contributed by atoms with E-state index < -0.39 is 16.6 Å². The lowest BCUT2D eigenvalue weighted by atomic mass is 10.2. The number of benzene rings is 1. The molecule has 0 unspecified atom stereocenters. The van der Waals surface area contributed by atoms with Crippen LogP contribution in [0.15, 0.2) is 12.1 Å². The third-order valence-corrected chi connectivity index (χ3v) is 3.19. The molecule has 0 heterocycles. The standard InChI is InChI=1S/C15H17IN2O5/c1-15(2,3)23-14(19)17-7-5-6-10-8-11(18(20)21)9-12(16)13(10)22-4/h8-9H,7H2,1-4H3,(H,17,19). The van der Waals surface area contributed by atoms with Crippen molar-refractivity contribution in [1.29, 1.82) is 0 Å². The summed E-state index contributed by atoms with van der Waals surface area (Å²) in [5.74, 6) is 5.94. The average molecular weight is 432 g/mol. The first-order valence-electron chi connectivity index (χ1n) is 6.61. The molecule has 1 rings (SSSR count). The summed E-state index contributed by atoms with van der Waals surface area (Å²) >= 11 is 1.94. The molecule has 0 aliphatic carbocycles. The van der Waals surface area contributed by atoms with E-state index in [-0.39, 0.29) is 12.2 Å². The summed E-state index contributed by atoms with van der Waals surface area (Å²) in [5, 5.41) is 13.4. The lowest BCUT2D eigenvalue weighted by molar-refractivity contribution is -0.385. The SMILES string of the molecule is COc1c(I)cc([N+](=O)[O-])cc1C#CCNC(=O)OC(C)(C)C. The Hall–Kier alpha value is -2.02. The summed E-state index contributed by atoms with van der Waals surface area (Å²) < 4.78 is 10.9. The third-order valence-electron chi connectivity index (χ3n) is 2.39. The Morgan fingerprint density at radius 3 is 2.61 bits per heavy atom. The maximum absolute atomic E-state index is 11.5. The smallest absolute Gasteiger partial charge is 0.408 e. The molecule has 0 radical (unpaired) electrons. The van der Waals surface area contributed by atoms with Gasteiger partial charge in [-0.2, -0.15) is 0 Å². The highest BCUT2D eigenvalue weighted by molar-refractivity contribution is 14.1. The number of carbonyl (C=O) groups excluding carboxylic acids is 1. The Labute approximate surface area is 148 Å². The highest BCUT2D eigenvalue weighted by Gasteiger charge is 2.16. The maximum Gasteiger partial charge on any atom is 0.408 e. The second kappa shape index (κ2) is 8.01. The first-order valence-corrected chi connectivity index (χ1v) is 7.69. The van der Waals surface area contributed by atoms with Gasteiger partial charge < -0.3 is 14.8 Å². The van der Waals surface area contributed by atoms with Crippen LogP contribution >= 0.6 is 22.6 Å². The summed E-state index contributed by atoms with van der Waals surface area (Å²) in [4.78, 5) is 21.9. The van der Waals surface area contributed by atoms with Gasteiger partial charge in [-0.25, -0.2) is 4.79 Å². The van der Waals surface area contributed by atoms with Gasteiger partial charge in [0.25, 0.3) is 5.69 Å². The first kappa shape index (κ1) is 19.0. The molecule has 7 nitrogen and oxygen atoms in total. The van der Waals surface area contributed by atoms with Crippen molar-refractivity contribution in [3.05, 3.63) is 31.4 Å². The van der Waals surface area contributed by atoms with Gasteiger partial charge in [0, 0.05) is 12.1 Å². The number of alkyl carbamates (subject to hydrolysis) is 1. The van der Waals surface area contributed by atoms with E-state index in [0.717, 1.165) is 0 Å². The van der Waals surface area contributed by atoms with Crippen LogP contribution in [0.1, 0.15) is 26.3 Å². The summed E-state index contributed by atoms with van der Waals surface area (Å²) in [6.07, 6.45) is -0.576.